The molecule has 0 unspecified atom stereocenters. The Kier molecular flexibility index (Phi) is 2.06. The predicted molar refractivity (Wildman–Crippen MR) is 49.1 cm³/mol. The second kappa shape index (κ2) is 2.98. The number of fused-ring (bicyclic) bond motifs is 1. The van der Waals surface area contributed by atoms with Crippen LogP contribution in [0.4, 0.5) is 0 Å². The predicted octanol–water partition coefficient (Wildman–Crippen LogP) is 1.43. The molecule has 2 atom stereocenters. The van der Waals surface area contributed by atoms with Crippen LogP contribution in [0.15, 0.2) is 0 Å². The molecular weight excluding hydrogens is 166 g/mol. The van der Waals surface area contributed by atoms with Crippen LogP contribution in [0.5, 0.6) is 0 Å². The summed E-state index contributed by atoms with van der Waals surface area (Å²) >= 11 is 0. The fraction of sp³-hybridized carbons (Fsp3) is 0.900. The summed E-state index contributed by atoms with van der Waals surface area (Å²) in [6.45, 7) is 3.82. The van der Waals surface area contributed by atoms with Gasteiger partial charge in [0, 0.05) is 0 Å². The van der Waals surface area contributed by atoms with Crippen LogP contribution in [0, 0.1) is 5.92 Å². The second-order valence-corrected chi connectivity index (χ2v) is 4.55. The quantitative estimate of drug-likeness (QED) is 0.617. The highest BCUT2D eigenvalue weighted by Gasteiger charge is 2.41. The Balaban J connectivity index is 2.12. The third-order valence-electron chi connectivity index (χ3n) is 2.91. The van der Waals surface area contributed by atoms with Gasteiger partial charge in [0.1, 0.15) is 5.72 Å². The minimum atomic E-state index is -0.463. The minimum Gasteiger partial charge on any atom is -0.352 e. The highest BCUT2D eigenvalue weighted by molar-refractivity contribution is 5.80. The summed E-state index contributed by atoms with van der Waals surface area (Å²) < 4.78 is 5.82. The van der Waals surface area contributed by atoms with Crippen molar-refractivity contribution in [3.8, 4) is 0 Å². The molecule has 1 aliphatic carbocycles. The fourth-order valence-electron chi connectivity index (χ4n) is 2.34. The van der Waals surface area contributed by atoms with E-state index in [0.29, 0.717) is 0 Å². The number of carbonyl (C=O) groups excluding carboxylic acids is 1. The summed E-state index contributed by atoms with van der Waals surface area (Å²) in [6, 6.07) is 0. The van der Waals surface area contributed by atoms with Gasteiger partial charge in [0.05, 0.1) is 12.0 Å². The molecule has 0 spiro atoms. The van der Waals surface area contributed by atoms with Gasteiger partial charge < -0.3 is 10.1 Å². The van der Waals surface area contributed by atoms with E-state index in [1.165, 1.54) is 12.8 Å². The Hall–Kier alpha value is -0.570. The maximum Gasteiger partial charge on any atom is 0.227 e. The topological polar surface area (TPSA) is 38.3 Å². The van der Waals surface area contributed by atoms with Crippen LogP contribution < -0.4 is 5.32 Å². The third-order valence-corrected chi connectivity index (χ3v) is 2.91. The molecule has 0 radical (unpaired) electrons. The molecule has 2 aliphatic rings. The summed E-state index contributed by atoms with van der Waals surface area (Å²) in [5.41, 5.74) is -0.463. The molecule has 3 nitrogen and oxygen atoms in total. The van der Waals surface area contributed by atoms with Gasteiger partial charge in [-0.1, -0.05) is 12.8 Å². The van der Waals surface area contributed by atoms with Gasteiger partial charge in [0.2, 0.25) is 5.91 Å². The first kappa shape index (κ1) is 9.00. The third kappa shape index (κ3) is 1.70. The first-order valence-electron chi connectivity index (χ1n) is 5.08. The molecule has 1 aliphatic heterocycles. The number of carbonyl (C=O) groups is 1. The van der Waals surface area contributed by atoms with Gasteiger partial charge in [-0.15, -0.1) is 0 Å². The Labute approximate surface area is 78.8 Å². The number of rotatable bonds is 0. The number of nitrogens with one attached hydrogen (secondary N) is 1. The molecular formula is C10H17NO2. The molecule has 3 heteroatoms. The average Bonchev–Trinajstić information content (AvgIpc) is 2.02. The van der Waals surface area contributed by atoms with Crippen LogP contribution >= 0.6 is 0 Å². The van der Waals surface area contributed by atoms with Gasteiger partial charge in [-0.2, -0.15) is 0 Å². The lowest BCUT2D eigenvalue weighted by Gasteiger charge is -2.43. The smallest absolute Gasteiger partial charge is 0.227 e. The second-order valence-electron chi connectivity index (χ2n) is 4.55. The first-order chi connectivity index (χ1) is 6.08. The molecule has 74 valence electrons. The van der Waals surface area contributed by atoms with Crippen molar-refractivity contribution in [3.63, 3.8) is 0 Å². The van der Waals surface area contributed by atoms with Crippen molar-refractivity contribution in [1.29, 1.82) is 0 Å². The van der Waals surface area contributed by atoms with Crippen molar-refractivity contribution in [2.45, 2.75) is 51.4 Å². The Morgan fingerprint density at radius 1 is 1.38 bits per heavy atom. The molecule has 2 rings (SSSR count). The van der Waals surface area contributed by atoms with Crippen LogP contribution in [-0.2, 0) is 9.53 Å². The zero-order valence-corrected chi connectivity index (χ0v) is 8.30. The van der Waals surface area contributed by atoms with Crippen molar-refractivity contribution in [1.82, 2.24) is 5.32 Å². The largest absolute Gasteiger partial charge is 0.352 e. The summed E-state index contributed by atoms with van der Waals surface area (Å²) in [6.07, 6.45) is 4.56. The van der Waals surface area contributed by atoms with Crippen molar-refractivity contribution in [3.05, 3.63) is 0 Å². The van der Waals surface area contributed by atoms with E-state index in [2.05, 4.69) is 5.32 Å². The summed E-state index contributed by atoms with van der Waals surface area (Å²) in [7, 11) is 0. The average molecular weight is 183 g/mol. The summed E-state index contributed by atoms with van der Waals surface area (Å²) in [5, 5.41) is 2.89. The number of hydrogen-bond acceptors (Lipinski definition) is 2. The minimum absolute atomic E-state index is 0.113. The number of amides is 1. The molecule has 2 fully saturated rings. The highest BCUT2D eigenvalue weighted by atomic mass is 16.5. The van der Waals surface area contributed by atoms with E-state index < -0.39 is 5.72 Å². The fourth-order valence-corrected chi connectivity index (χ4v) is 2.34. The van der Waals surface area contributed by atoms with Crippen LogP contribution in [0.2, 0.25) is 0 Å². The molecule has 1 amide bonds. The maximum absolute atomic E-state index is 11.7. The van der Waals surface area contributed by atoms with Crippen molar-refractivity contribution >= 4 is 5.91 Å². The highest BCUT2D eigenvalue weighted by Crippen LogP contribution is 2.33. The van der Waals surface area contributed by atoms with Crippen LogP contribution in [-0.4, -0.2) is 17.7 Å². The number of hydrogen-bond donors (Lipinski definition) is 1. The first-order valence-corrected chi connectivity index (χ1v) is 5.08. The number of ether oxygens (including phenoxy) is 1. The lowest BCUT2D eigenvalue weighted by molar-refractivity contribution is -0.178. The van der Waals surface area contributed by atoms with Gasteiger partial charge in [0.25, 0.3) is 0 Å². The molecule has 0 bridgehead atoms. The molecule has 0 aromatic rings. The normalized spacial score (nSPS) is 37.8. The molecule has 1 heterocycles. The lowest BCUT2D eigenvalue weighted by Crippen LogP contribution is -2.59. The van der Waals surface area contributed by atoms with Gasteiger partial charge in [-0.05, 0) is 26.7 Å². The summed E-state index contributed by atoms with van der Waals surface area (Å²) in [5.74, 6) is 0.294. The van der Waals surface area contributed by atoms with E-state index in [4.69, 9.17) is 4.74 Å². The maximum atomic E-state index is 11.7. The monoisotopic (exact) mass is 183 g/mol. The van der Waals surface area contributed by atoms with E-state index in [9.17, 15) is 4.79 Å². The Morgan fingerprint density at radius 3 is 2.85 bits per heavy atom. The Morgan fingerprint density at radius 2 is 2.08 bits per heavy atom. The van der Waals surface area contributed by atoms with Gasteiger partial charge in [-0.3, -0.25) is 4.79 Å². The molecule has 1 N–H and O–H groups in total. The van der Waals surface area contributed by atoms with Gasteiger partial charge in [0.15, 0.2) is 0 Å². The van der Waals surface area contributed by atoms with E-state index in [1.54, 1.807) is 0 Å². The lowest BCUT2D eigenvalue weighted by atomic mass is 9.84. The van der Waals surface area contributed by atoms with E-state index in [-0.39, 0.29) is 17.9 Å². The Bertz CT molecular complexity index is 225. The molecule has 0 aromatic carbocycles. The zero-order chi connectivity index (χ0) is 9.47. The van der Waals surface area contributed by atoms with Crippen LogP contribution in [0.3, 0.4) is 0 Å². The van der Waals surface area contributed by atoms with Crippen LogP contribution in [0.1, 0.15) is 39.5 Å². The molecule has 1 saturated heterocycles. The SMILES string of the molecule is CC1(C)NC(=O)[C@H]2CCCC[C@H]2O1. The standard InChI is InChI=1S/C10H17NO2/c1-10(2)11-9(12)7-5-3-4-6-8(7)13-10/h7-8H,3-6H2,1-2H3,(H,11,12)/t7-,8+/m0/s1. The van der Waals surface area contributed by atoms with Crippen molar-refractivity contribution in [2.24, 2.45) is 5.92 Å². The van der Waals surface area contributed by atoms with Gasteiger partial charge >= 0.3 is 0 Å². The van der Waals surface area contributed by atoms with Crippen LogP contribution in [0.25, 0.3) is 0 Å². The molecule has 1 saturated carbocycles. The van der Waals surface area contributed by atoms with E-state index in [0.717, 1.165) is 12.8 Å². The van der Waals surface area contributed by atoms with E-state index >= 15 is 0 Å². The van der Waals surface area contributed by atoms with Crippen molar-refractivity contribution < 1.29 is 9.53 Å². The van der Waals surface area contributed by atoms with Gasteiger partial charge in [-0.25, -0.2) is 0 Å². The van der Waals surface area contributed by atoms with Crippen molar-refractivity contribution in [2.75, 3.05) is 0 Å². The molecule has 13 heavy (non-hydrogen) atoms. The molecule has 0 aromatic heterocycles. The zero-order valence-electron chi connectivity index (χ0n) is 8.30. The summed E-state index contributed by atoms with van der Waals surface area (Å²) in [4.78, 5) is 11.7. The van der Waals surface area contributed by atoms with E-state index in [1.807, 2.05) is 13.8 Å².